The smallest absolute Gasteiger partial charge is 0.0883 e. The van der Waals surface area contributed by atoms with Crippen LogP contribution in [0.25, 0.3) is 0 Å². The minimum absolute atomic E-state index is 0. The highest BCUT2D eigenvalue weighted by Gasteiger charge is 2.30. The maximum atomic E-state index is 5.67. The van der Waals surface area contributed by atoms with E-state index in [9.17, 15) is 0 Å². The summed E-state index contributed by atoms with van der Waals surface area (Å²) in [6.45, 7) is 5.52. The summed E-state index contributed by atoms with van der Waals surface area (Å²) in [5.74, 6) is 0. The summed E-state index contributed by atoms with van der Waals surface area (Å²) in [5.41, 5.74) is 9.21. The lowest BCUT2D eigenvalue weighted by atomic mass is 9.95. The molecule has 3 heteroatoms. The van der Waals surface area contributed by atoms with Gasteiger partial charge in [-0.3, -0.25) is 0 Å². The molecule has 0 fully saturated rings. The Morgan fingerprint density at radius 3 is 2.79 bits per heavy atom. The summed E-state index contributed by atoms with van der Waals surface area (Å²) in [6.07, 6.45) is 0. The van der Waals surface area contributed by atoms with Gasteiger partial charge >= 0.3 is 0 Å². The maximum Gasteiger partial charge on any atom is 0.0883 e. The highest BCUT2D eigenvalue weighted by molar-refractivity contribution is 5.85. The zero-order valence-electron chi connectivity index (χ0n) is 8.54. The molecule has 0 aliphatic carbocycles. The second-order valence-corrected chi connectivity index (χ2v) is 3.99. The number of hydrogen-bond donors (Lipinski definition) is 1. The molecule has 14 heavy (non-hydrogen) atoms. The van der Waals surface area contributed by atoms with Gasteiger partial charge in [0.1, 0.15) is 0 Å². The third-order valence-electron chi connectivity index (χ3n) is 2.64. The van der Waals surface area contributed by atoms with E-state index in [4.69, 9.17) is 10.5 Å². The van der Waals surface area contributed by atoms with E-state index in [1.807, 2.05) is 0 Å². The Bertz CT molecular complexity index is 336. The molecular formula is C11H16ClNO. The molecule has 1 heterocycles. The predicted octanol–water partition coefficient (Wildman–Crippen LogP) is 2.33. The van der Waals surface area contributed by atoms with Crippen LogP contribution in [0.4, 0.5) is 0 Å². The normalized spacial score (nSPS) is 17.4. The van der Waals surface area contributed by atoms with Crippen molar-refractivity contribution in [1.82, 2.24) is 0 Å². The van der Waals surface area contributed by atoms with Crippen LogP contribution in [0.5, 0.6) is 0 Å². The minimum Gasteiger partial charge on any atom is -0.366 e. The summed E-state index contributed by atoms with van der Waals surface area (Å²) in [6, 6.07) is 6.35. The Labute approximate surface area is 90.9 Å². The molecule has 2 rings (SSSR count). The van der Waals surface area contributed by atoms with Crippen molar-refractivity contribution >= 4 is 12.4 Å². The zero-order valence-corrected chi connectivity index (χ0v) is 9.36. The van der Waals surface area contributed by atoms with Gasteiger partial charge in [0.2, 0.25) is 0 Å². The Kier molecular flexibility index (Phi) is 3.20. The first kappa shape index (κ1) is 11.5. The first-order chi connectivity index (χ1) is 6.13. The first-order valence-corrected chi connectivity index (χ1v) is 4.60. The number of ether oxygens (including phenoxy) is 1. The molecule has 78 valence electrons. The molecule has 0 spiro atoms. The fraction of sp³-hybridized carbons (Fsp3) is 0.455. The van der Waals surface area contributed by atoms with Gasteiger partial charge in [-0.1, -0.05) is 18.2 Å². The van der Waals surface area contributed by atoms with E-state index >= 15 is 0 Å². The van der Waals surface area contributed by atoms with Crippen molar-refractivity contribution in [3.63, 3.8) is 0 Å². The topological polar surface area (TPSA) is 35.2 Å². The zero-order chi connectivity index (χ0) is 9.47. The Morgan fingerprint density at radius 2 is 2.14 bits per heavy atom. The standard InChI is InChI=1S/C11H15NO.ClH/c1-11(2)10-4-3-8(6-12)5-9(10)7-13-11;/h3-5H,6-7,12H2,1-2H3;1H. The molecule has 1 aliphatic heterocycles. The van der Waals surface area contributed by atoms with E-state index in [1.165, 1.54) is 16.7 Å². The van der Waals surface area contributed by atoms with Crippen LogP contribution < -0.4 is 5.73 Å². The van der Waals surface area contributed by atoms with Gasteiger partial charge in [0, 0.05) is 6.54 Å². The molecule has 1 aromatic rings. The number of halogens is 1. The molecule has 0 saturated heterocycles. The van der Waals surface area contributed by atoms with Crippen LogP contribution in [0.3, 0.4) is 0 Å². The summed E-state index contributed by atoms with van der Waals surface area (Å²) in [7, 11) is 0. The highest BCUT2D eigenvalue weighted by Crippen LogP contribution is 2.35. The second kappa shape index (κ2) is 3.89. The van der Waals surface area contributed by atoms with Crippen molar-refractivity contribution in [2.24, 2.45) is 5.73 Å². The number of hydrogen-bond acceptors (Lipinski definition) is 2. The van der Waals surface area contributed by atoms with Crippen molar-refractivity contribution < 1.29 is 4.74 Å². The quantitative estimate of drug-likeness (QED) is 0.777. The molecular weight excluding hydrogens is 198 g/mol. The summed E-state index contributed by atoms with van der Waals surface area (Å²) in [5, 5.41) is 0. The molecule has 0 saturated carbocycles. The van der Waals surface area contributed by atoms with Gasteiger partial charge in [0.25, 0.3) is 0 Å². The molecule has 0 aromatic heterocycles. The average Bonchev–Trinajstić information content (AvgIpc) is 2.42. The maximum absolute atomic E-state index is 5.67. The molecule has 0 atom stereocenters. The summed E-state index contributed by atoms with van der Waals surface area (Å²) in [4.78, 5) is 0. The number of fused-ring (bicyclic) bond motifs is 1. The Hall–Kier alpha value is -0.570. The van der Waals surface area contributed by atoms with Gasteiger partial charge in [-0.15, -0.1) is 12.4 Å². The van der Waals surface area contributed by atoms with Crippen LogP contribution in [-0.4, -0.2) is 0 Å². The van der Waals surface area contributed by atoms with E-state index in [-0.39, 0.29) is 18.0 Å². The van der Waals surface area contributed by atoms with Crippen LogP contribution in [0.1, 0.15) is 30.5 Å². The van der Waals surface area contributed by atoms with Crippen LogP contribution in [-0.2, 0) is 23.5 Å². The fourth-order valence-electron chi connectivity index (χ4n) is 1.82. The van der Waals surface area contributed by atoms with Gasteiger partial charge < -0.3 is 10.5 Å². The number of nitrogens with two attached hydrogens (primary N) is 1. The van der Waals surface area contributed by atoms with E-state index in [2.05, 4.69) is 32.0 Å². The van der Waals surface area contributed by atoms with Crippen molar-refractivity contribution in [2.45, 2.75) is 32.6 Å². The van der Waals surface area contributed by atoms with Crippen LogP contribution in [0, 0.1) is 0 Å². The molecule has 0 amide bonds. The number of rotatable bonds is 1. The van der Waals surface area contributed by atoms with Crippen molar-refractivity contribution in [3.05, 3.63) is 34.9 Å². The molecule has 0 radical (unpaired) electrons. The van der Waals surface area contributed by atoms with Crippen LogP contribution >= 0.6 is 12.4 Å². The summed E-state index contributed by atoms with van der Waals surface area (Å²) >= 11 is 0. The van der Waals surface area contributed by atoms with E-state index in [0.717, 1.165) is 6.61 Å². The summed E-state index contributed by atoms with van der Waals surface area (Å²) < 4.78 is 5.67. The van der Waals surface area contributed by atoms with Gasteiger partial charge in [-0.2, -0.15) is 0 Å². The van der Waals surface area contributed by atoms with Crippen LogP contribution in [0.2, 0.25) is 0 Å². The monoisotopic (exact) mass is 213 g/mol. The van der Waals surface area contributed by atoms with Crippen molar-refractivity contribution in [2.75, 3.05) is 0 Å². The van der Waals surface area contributed by atoms with Gasteiger partial charge in [-0.05, 0) is 30.5 Å². The van der Waals surface area contributed by atoms with E-state index in [1.54, 1.807) is 0 Å². The SMILES string of the molecule is CC1(C)OCc2cc(CN)ccc21.Cl. The minimum atomic E-state index is -0.123. The third-order valence-corrected chi connectivity index (χ3v) is 2.64. The van der Waals surface area contributed by atoms with E-state index < -0.39 is 0 Å². The van der Waals surface area contributed by atoms with Gasteiger partial charge in [0.05, 0.1) is 12.2 Å². The lowest BCUT2D eigenvalue weighted by Crippen LogP contribution is -2.14. The molecule has 1 aromatic carbocycles. The molecule has 1 aliphatic rings. The molecule has 2 N–H and O–H groups in total. The fourth-order valence-corrected chi connectivity index (χ4v) is 1.82. The van der Waals surface area contributed by atoms with Gasteiger partial charge in [-0.25, -0.2) is 0 Å². The second-order valence-electron chi connectivity index (χ2n) is 3.99. The lowest BCUT2D eigenvalue weighted by Gasteiger charge is -2.18. The largest absolute Gasteiger partial charge is 0.366 e. The first-order valence-electron chi connectivity index (χ1n) is 4.60. The molecule has 2 nitrogen and oxygen atoms in total. The predicted molar refractivity (Wildman–Crippen MR) is 59.4 cm³/mol. The highest BCUT2D eigenvalue weighted by atomic mass is 35.5. The average molecular weight is 214 g/mol. The Balaban J connectivity index is 0.000000980. The van der Waals surface area contributed by atoms with E-state index in [0.29, 0.717) is 6.54 Å². The Morgan fingerprint density at radius 1 is 1.43 bits per heavy atom. The number of benzene rings is 1. The lowest BCUT2D eigenvalue weighted by molar-refractivity contribution is -0.00789. The van der Waals surface area contributed by atoms with Crippen LogP contribution in [0.15, 0.2) is 18.2 Å². The molecule has 0 unspecified atom stereocenters. The van der Waals surface area contributed by atoms with Crippen molar-refractivity contribution in [1.29, 1.82) is 0 Å². The van der Waals surface area contributed by atoms with Gasteiger partial charge in [0.15, 0.2) is 0 Å². The molecule has 0 bridgehead atoms. The third kappa shape index (κ3) is 1.78. The van der Waals surface area contributed by atoms with Crippen molar-refractivity contribution in [3.8, 4) is 0 Å².